The standard InChI is InChI=1S/C16H14BrN3O4S/c1-24-14-7-6-10(17)8-15(14)25(22,23)20-19-16(21)12-9-18-13-5-3-2-4-11(12)13/h2-9,18,20H,1H3,(H,19,21). The number of benzene rings is 2. The van der Waals surface area contributed by atoms with Crippen LogP contribution in [0.5, 0.6) is 5.75 Å². The lowest BCUT2D eigenvalue weighted by atomic mass is 10.2. The number of aromatic nitrogens is 1. The van der Waals surface area contributed by atoms with Crippen LogP contribution in [0, 0.1) is 0 Å². The van der Waals surface area contributed by atoms with Gasteiger partial charge in [-0.2, -0.15) is 0 Å². The highest BCUT2D eigenvalue weighted by Crippen LogP contribution is 2.26. The summed E-state index contributed by atoms with van der Waals surface area (Å²) in [6.45, 7) is 0. The Balaban J connectivity index is 1.83. The highest BCUT2D eigenvalue weighted by molar-refractivity contribution is 9.10. The van der Waals surface area contributed by atoms with Crippen LogP contribution in [-0.4, -0.2) is 26.4 Å². The molecule has 3 rings (SSSR count). The third kappa shape index (κ3) is 3.53. The molecule has 7 nitrogen and oxygen atoms in total. The molecule has 0 aliphatic heterocycles. The number of rotatable bonds is 5. The molecule has 1 amide bonds. The quantitative estimate of drug-likeness (QED) is 0.548. The van der Waals surface area contributed by atoms with E-state index in [0.717, 1.165) is 5.52 Å². The molecule has 25 heavy (non-hydrogen) atoms. The van der Waals surface area contributed by atoms with E-state index >= 15 is 0 Å². The number of amides is 1. The summed E-state index contributed by atoms with van der Waals surface area (Å²) in [6, 6.07) is 11.8. The van der Waals surface area contributed by atoms with Gasteiger partial charge >= 0.3 is 0 Å². The van der Waals surface area contributed by atoms with Crippen LogP contribution in [0.1, 0.15) is 10.4 Å². The first-order valence-electron chi connectivity index (χ1n) is 7.14. The second-order valence-electron chi connectivity index (χ2n) is 5.10. The van der Waals surface area contributed by atoms with Crippen molar-refractivity contribution in [3.05, 3.63) is 58.7 Å². The first-order chi connectivity index (χ1) is 11.9. The second kappa shape index (κ2) is 6.87. The summed E-state index contributed by atoms with van der Waals surface area (Å²) in [5.74, 6) is -0.410. The lowest BCUT2D eigenvalue weighted by Gasteiger charge is -2.11. The van der Waals surface area contributed by atoms with Gasteiger partial charge in [0.25, 0.3) is 15.9 Å². The van der Waals surface area contributed by atoms with E-state index in [2.05, 4.69) is 31.2 Å². The molecular weight excluding hydrogens is 410 g/mol. The number of hydrogen-bond acceptors (Lipinski definition) is 4. The van der Waals surface area contributed by atoms with Crippen LogP contribution in [0.3, 0.4) is 0 Å². The fourth-order valence-corrected chi connectivity index (χ4v) is 3.90. The van der Waals surface area contributed by atoms with Gasteiger partial charge in [-0.1, -0.05) is 34.1 Å². The molecule has 0 aliphatic rings. The molecule has 9 heteroatoms. The predicted octanol–water partition coefficient (Wildman–Crippen LogP) is 2.56. The SMILES string of the molecule is COc1ccc(Br)cc1S(=O)(=O)NNC(=O)c1c[nH]c2ccccc12. The normalized spacial score (nSPS) is 11.4. The summed E-state index contributed by atoms with van der Waals surface area (Å²) in [7, 11) is -2.64. The van der Waals surface area contributed by atoms with Crippen molar-refractivity contribution < 1.29 is 17.9 Å². The van der Waals surface area contributed by atoms with Gasteiger partial charge in [-0.15, -0.1) is 4.83 Å². The molecule has 0 radical (unpaired) electrons. The molecule has 0 saturated carbocycles. The Morgan fingerprint density at radius 1 is 1.20 bits per heavy atom. The minimum absolute atomic E-state index is 0.0939. The highest BCUT2D eigenvalue weighted by atomic mass is 79.9. The van der Waals surface area contributed by atoms with Gasteiger partial charge in [0.1, 0.15) is 10.6 Å². The zero-order valence-electron chi connectivity index (χ0n) is 13.0. The molecular formula is C16H14BrN3O4S. The van der Waals surface area contributed by atoms with Gasteiger partial charge in [-0.05, 0) is 24.3 Å². The Morgan fingerprint density at radius 3 is 2.72 bits per heavy atom. The van der Waals surface area contributed by atoms with Gasteiger partial charge in [-0.3, -0.25) is 10.2 Å². The Kier molecular flexibility index (Phi) is 4.80. The van der Waals surface area contributed by atoms with Crippen molar-refractivity contribution in [2.24, 2.45) is 0 Å². The summed E-state index contributed by atoms with van der Waals surface area (Å²) >= 11 is 3.22. The zero-order valence-corrected chi connectivity index (χ0v) is 15.4. The van der Waals surface area contributed by atoms with E-state index < -0.39 is 15.9 Å². The maximum absolute atomic E-state index is 12.5. The number of ether oxygens (including phenoxy) is 1. The maximum Gasteiger partial charge on any atom is 0.268 e. The van der Waals surface area contributed by atoms with Gasteiger partial charge in [0, 0.05) is 21.6 Å². The lowest BCUT2D eigenvalue weighted by Crippen LogP contribution is -2.41. The number of aromatic amines is 1. The van der Waals surface area contributed by atoms with Crippen molar-refractivity contribution >= 4 is 42.8 Å². The minimum atomic E-state index is -4.01. The topological polar surface area (TPSA) is 100 Å². The molecule has 3 aromatic rings. The molecule has 0 unspecified atom stereocenters. The Morgan fingerprint density at radius 2 is 1.96 bits per heavy atom. The third-order valence-corrected chi connectivity index (χ3v) is 5.31. The summed E-state index contributed by atoms with van der Waals surface area (Å²) in [5, 5.41) is 0.694. The number of hydrogen-bond donors (Lipinski definition) is 3. The molecule has 0 spiro atoms. The van der Waals surface area contributed by atoms with Crippen LogP contribution >= 0.6 is 15.9 Å². The van der Waals surface area contributed by atoms with Crippen LogP contribution in [0.4, 0.5) is 0 Å². The maximum atomic E-state index is 12.5. The van der Waals surface area contributed by atoms with Crippen molar-refractivity contribution in [2.75, 3.05) is 7.11 Å². The Hall–Kier alpha value is -2.36. The van der Waals surface area contributed by atoms with Crippen molar-refractivity contribution in [3.63, 3.8) is 0 Å². The fraction of sp³-hybridized carbons (Fsp3) is 0.0625. The van der Waals surface area contributed by atoms with E-state index in [1.54, 1.807) is 18.2 Å². The van der Waals surface area contributed by atoms with Crippen LogP contribution in [0.15, 0.2) is 58.0 Å². The number of carbonyl (C=O) groups is 1. The second-order valence-corrected chi connectivity index (χ2v) is 7.67. The molecule has 0 saturated heterocycles. The Labute approximate surface area is 152 Å². The van der Waals surface area contributed by atoms with Crippen LogP contribution in [0.25, 0.3) is 10.9 Å². The van der Waals surface area contributed by atoms with Gasteiger partial charge in [0.05, 0.1) is 12.7 Å². The molecule has 0 aliphatic carbocycles. The molecule has 3 N–H and O–H groups in total. The zero-order chi connectivity index (χ0) is 18.0. The number of carbonyl (C=O) groups excluding carboxylic acids is 1. The minimum Gasteiger partial charge on any atom is -0.495 e. The first kappa shape index (κ1) is 17.5. The smallest absolute Gasteiger partial charge is 0.268 e. The molecule has 130 valence electrons. The van der Waals surface area contributed by atoms with Crippen molar-refractivity contribution in [1.82, 2.24) is 15.2 Å². The van der Waals surface area contributed by atoms with Crippen molar-refractivity contribution in [3.8, 4) is 5.75 Å². The van der Waals surface area contributed by atoms with Crippen LogP contribution in [-0.2, 0) is 10.0 Å². The summed E-state index contributed by atoms with van der Waals surface area (Å²) in [4.78, 5) is 17.3. The molecule has 1 heterocycles. The first-order valence-corrected chi connectivity index (χ1v) is 9.42. The van der Waals surface area contributed by atoms with Gasteiger partial charge in [-0.25, -0.2) is 8.42 Å². The number of H-pyrrole nitrogens is 1. The monoisotopic (exact) mass is 423 g/mol. The van der Waals surface area contributed by atoms with Gasteiger partial charge in [0.2, 0.25) is 0 Å². The van der Waals surface area contributed by atoms with E-state index in [9.17, 15) is 13.2 Å². The van der Waals surface area contributed by atoms with E-state index in [4.69, 9.17) is 4.74 Å². The van der Waals surface area contributed by atoms with Crippen molar-refractivity contribution in [2.45, 2.75) is 4.90 Å². The van der Waals surface area contributed by atoms with E-state index in [0.29, 0.717) is 15.4 Å². The number of para-hydroxylation sites is 1. The molecule has 2 aromatic carbocycles. The fourth-order valence-electron chi connectivity index (χ4n) is 2.36. The average Bonchev–Trinajstić information content (AvgIpc) is 3.04. The van der Waals surface area contributed by atoms with Gasteiger partial charge < -0.3 is 9.72 Å². The lowest BCUT2D eigenvalue weighted by molar-refractivity contribution is 0.0947. The van der Waals surface area contributed by atoms with E-state index in [1.807, 2.05) is 12.1 Å². The summed E-state index contributed by atoms with van der Waals surface area (Å²) < 4.78 is 30.6. The molecule has 0 fully saturated rings. The molecule has 1 aromatic heterocycles. The number of hydrazine groups is 1. The number of fused-ring (bicyclic) bond motifs is 1. The van der Waals surface area contributed by atoms with Crippen LogP contribution in [0.2, 0.25) is 0 Å². The number of sulfonamides is 1. The summed E-state index contributed by atoms with van der Waals surface area (Å²) in [6.07, 6.45) is 1.52. The number of halogens is 1. The average molecular weight is 424 g/mol. The largest absolute Gasteiger partial charge is 0.495 e. The van der Waals surface area contributed by atoms with E-state index in [1.165, 1.54) is 25.4 Å². The van der Waals surface area contributed by atoms with E-state index in [-0.39, 0.29) is 10.6 Å². The molecule has 0 bridgehead atoms. The third-order valence-electron chi connectivity index (χ3n) is 3.55. The predicted molar refractivity (Wildman–Crippen MR) is 96.8 cm³/mol. The highest BCUT2D eigenvalue weighted by Gasteiger charge is 2.21. The Bertz CT molecular complexity index is 1050. The van der Waals surface area contributed by atoms with Gasteiger partial charge in [0.15, 0.2) is 0 Å². The number of methoxy groups -OCH3 is 1. The van der Waals surface area contributed by atoms with Crippen LogP contribution < -0.4 is 15.0 Å². The molecule has 0 atom stereocenters. The number of nitrogens with one attached hydrogen (secondary N) is 3. The summed E-state index contributed by atoms with van der Waals surface area (Å²) in [5.41, 5.74) is 3.33. The van der Waals surface area contributed by atoms with Crippen molar-refractivity contribution in [1.29, 1.82) is 0 Å².